The van der Waals surface area contributed by atoms with Gasteiger partial charge in [-0.25, -0.2) is 9.18 Å². The largest absolute Gasteiger partial charge is 0.423 e. The molecule has 0 bridgehead atoms. The van der Waals surface area contributed by atoms with Crippen LogP contribution in [0.15, 0.2) is 47.4 Å². The van der Waals surface area contributed by atoms with Gasteiger partial charge in [0.05, 0.1) is 5.56 Å². The molecule has 0 atom stereocenters. The molecule has 0 amide bonds. The Morgan fingerprint density at radius 2 is 1.57 bits per heavy atom. The average Bonchev–Trinajstić information content (AvgIpc) is 2.57. The highest BCUT2D eigenvalue weighted by Gasteiger charge is 2.67. The number of unbranched alkanes of at least 4 members (excludes halogenated alkanes) is 3. The highest BCUT2D eigenvalue weighted by molar-refractivity contribution is 8.45. The summed E-state index contributed by atoms with van der Waals surface area (Å²) in [5, 5.41) is 0. The van der Waals surface area contributed by atoms with E-state index >= 15 is 0 Å². The zero-order valence-electron chi connectivity index (χ0n) is 15.1. The van der Waals surface area contributed by atoms with Crippen LogP contribution in [0.5, 0.6) is 5.75 Å². The molecule has 2 aromatic rings. The Kier molecular flexibility index (Phi) is 5.81. The van der Waals surface area contributed by atoms with Crippen LogP contribution in [0.25, 0.3) is 0 Å². The monoisotopic (exact) mass is 426 g/mol. The normalized spacial score (nSPS) is 14.2. The predicted octanol–water partition coefficient (Wildman–Crippen LogP) is 7.83. The summed E-state index contributed by atoms with van der Waals surface area (Å²) in [6, 6.07) is 6.89. The minimum absolute atomic E-state index is 0.106. The molecule has 2 nitrogen and oxygen atoms in total. The molecule has 0 unspecified atom stereocenters. The highest BCUT2D eigenvalue weighted by Crippen LogP contribution is 3.02. The molecular formula is C19H20F6O2S. The summed E-state index contributed by atoms with van der Waals surface area (Å²) in [4.78, 5) is 9.39. The number of hydrogen-bond acceptors (Lipinski definition) is 2. The highest BCUT2D eigenvalue weighted by atomic mass is 32.5. The van der Waals surface area contributed by atoms with Crippen LogP contribution in [0, 0.1) is 5.82 Å². The van der Waals surface area contributed by atoms with E-state index in [-0.39, 0.29) is 17.7 Å². The van der Waals surface area contributed by atoms with Crippen LogP contribution in [-0.2, 0) is 6.42 Å². The number of rotatable bonds is 8. The van der Waals surface area contributed by atoms with Gasteiger partial charge in [-0.1, -0.05) is 57.7 Å². The van der Waals surface area contributed by atoms with Crippen LogP contribution in [-0.4, -0.2) is 5.97 Å². The number of benzene rings is 2. The zero-order chi connectivity index (χ0) is 21.1. The number of carbonyl (C=O) groups is 1. The summed E-state index contributed by atoms with van der Waals surface area (Å²) >= 11 is 0. The van der Waals surface area contributed by atoms with Crippen LogP contribution >= 0.6 is 10.2 Å². The second-order valence-corrected chi connectivity index (χ2v) is 8.84. The Morgan fingerprint density at radius 3 is 2.11 bits per heavy atom. The van der Waals surface area contributed by atoms with Gasteiger partial charge in [0.25, 0.3) is 0 Å². The van der Waals surface area contributed by atoms with Crippen molar-refractivity contribution in [3.05, 3.63) is 59.4 Å². The molecule has 0 N–H and O–H groups in total. The number of carbonyl (C=O) groups excluding carboxylic acids is 1. The molecule has 0 heterocycles. The van der Waals surface area contributed by atoms with Crippen LogP contribution in [0.2, 0.25) is 0 Å². The number of esters is 1. The maximum Gasteiger partial charge on any atom is 0.343 e. The SMILES string of the molecule is CCCCCCc1ccc(C(=O)Oc2ccc(S(F)(F)(F)(F)F)c(F)c2)cc1. The molecule has 9 heteroatoms. The number of halogens is 6. The van der Waals surface area contributed by atoms with Gasteiger partial charge in [-0.3, -0.25) is 0 Å². The van der Waals surface area contributed by atoms with Crippen LogP contribution < -0.4 is 4.74 Å². The third kappa shape index (κ3) is 6.19. The summed E-state index contributed by atoms with van der Waals surface area (Å²) < 4.78 is 81.8. The smallest absolute Gasteiger partial charge is 0.343 e. The molecule has 0 aromatic heterocycles. The van der Waals surface area contributed by atoms with E-state index in [0.717, 1.165) is 37.7 Å². The minimum Gasteiger partial charge on any atom is -0.423 e. The lowest BCUT2D eigenvalue weighted by atomic mass is 10.0. The van der Waals surface area contributed by atoms with Gasteiger partial charge in [0.15, 0.2) is 0 Å². The van der Waals surface area contributed by atoms with Crippen molar-refractivity contribution in [2.75, 3.05) is 0 Å². The molecule has 28 heavy (non-hydrogen) atoms. The van der Waals surface area contributed by atoms with E-state index in [2.05, 4.69) is 6.92 Å². The fourth-order valence-electron chi connectivity index (χ4n) is 2.59. The number of aryl methyl sites for hydroxylation is 1. The first-order valence-corrected chi connectivity index (χ1v) is 10.6. The summed E-state index contributed by atoms with van der Waals surface area (Å²) in [6.07, 6.45) is 5.21. The van der Waals surface area contributed by atoms with Gasteiger partial charge < -0.3 is 4.74 Å². The Hall–Kier alpha value is -2.16. The first-order chi connectivity index (χ1) is 12.8. The van der Waals surface area contributed by atoms with E-state index in [4.69, 9.17) is 4.74 Å². The summed E-state index contributed by atoms with van der Waals surface area (Å²) in [6.45, 7) is 2.11. The molecule has 0 aliphatic heterocycles. The molecule has 0 aliphatic rings. The molecule has 0 saturated heterocycles. The lowest BCUT2D eigenvalue weighted by Gasteiger charge is -2.40. The van der Waals surface area contributed by atoms with E-state index in [1.807, 2.05) is 0 Å². The second-order valence-electron chi connectivity index (χ2n) is 6.46. The fourth-order valence-corrected chi connectivity index (χ4v) is 3.34. The van der Waals surface area contributed by atoms with E-state index < -0.39 is 32.7 Å². The minimum atomic E-state index is -10.2. The fraction of sp³-hybridized carbons (Fsp3) is 0.316. The van der Waals surface area contributed by atoms with Gasteiger partial charge in [-0.05, 0) is 42.7 Å². The summed E-state index contributed by atoms with van der Waals surface area (Å²) in [5.41, 5.74) is 1.12. The molecular weight excluding hydrogens is 406 g/mol. The Labute approximate surface area is 159 Å². The zero-order valence-corrected chi connectivity index (χ0v) is 15.9. The quantitative estimate of drug-likeness (QED) is 0.186. The van der Waals surface area contributed by atoms with Gasteiger partial charge in [0.1, 0.15) is 16.5 Å². The van der Waals surface area contributed by atoms with Gasteiger partial charge in [0.2, 0.25) is 0 Å². The third-order valence-electron chi connectivity index (χ3n) is 4.04. The standard InChI is InChI=1S/C19H20F6O2S/c1-2-3-4-5-6-14-7-9-15(10-8-14)19(26)27-16-11-12-18(17(20)13-16)28(21,22,23,24)25/h7-13H,2-6H2,1H3. The number of ether oxygens (including phenoxy) is 1. The topological polar surface area (TPSA) is 26.3 Å². The van der Waals surface area contributed by atoms with Crippen molar-refractivity contribution in [1.29, 1.82) is 0 Å². The Balaban J connectivity index is 2.06. The molecule has 0 fully saturated rings. The van der Waals surface area contributed by atoms with Gasteiger partial charge in [-0.2, -0.15) is 0 Å². The molecule has 0 spiro atoms. The van der Waals surface area contributed by atoms with Gasteiger partial charge in [0, 0.05) is 6.07 Å². The molecule has 2 rings (SSSR count). The van der Waals surface area contributed by atoms with Crippen molar-refractivity contribution in [2.45, 2.75) is 43.9 Å². The van der Waals surface area contributed by atoms with Crippen molar-refractivity contribution >= 4 is 16.2 Å². The summed E-state index contributed by atoms with van der Waals surface area (Å²) in [7, 11) is -10.2. The van der Waals surface area contributed by atoms with E-state index in [9.17, 15) is 28.6 Å². The second kappa shape index (κ2) is 7.35. The van der Waals surface area contributed by atoms with Crippen LogP contribution in [0.3, 0.4) is 0 Å². The Morgan fingerprint density at radius 1 is 0.929 bits per heavy atom. The van der Waals surface area contributed by atoms with E-state index in [1.54, 1.807) is 12.1 Å². The third-order valence-corrected chi connectivity index (χ3v) is 5.20. The molecule has 2 aromatic carbocycles. The lowest BCUT2D eigenvalue weighted by molar-refractivity contribution is 0.0734. The summed E-state index contributed by atoms with van der Waals surface area (Å²) in [5.74, 6) is -3.74. The van der Waals surface area contributed by atoms with Gasteiger partial charge in [-0.15, -0.1) is 0 Å². The first-order valence-electron chi connectivity index (χ1n) is 8.65. The maximum atomic E-state index is 13.6. The molecule has 0 aliphatic carbocycles. The van der Waals surface area contributed by atoms with Gasteiger partial charge >= 0.3 is 16.2 Å². The van der Waals surface area contributed by atoms with Crippen molar-refractivity contribution in [1.82, 2.24) is 0 Å². The van der Waals surface area contributed by atoms with Crippen molar-refractivity contribution in [3.63, 3.8) is 0 Å². The van der Waals surface area contributed by atoms with E-state index in [0.29, 0.717) is 6.07 Å². The predicted molar refractivity (Wildman–Crippen MR) is 97.0 cm³/mol. The molecule has 0 radical (unpaired) electrons. The Bertz CT molecular complexity index is 848. The average molecular weight is 426 g/mol. The van der Waals surface area contributed by atoms with Crippen molar-refractivity contribution < 1.29 is 33.4 Å². The lowest BCUT2D eigenvalue weighted by Crippen LogP contribution is -2.11. The van der Waals surface area contributed by atoms with E-state index in [1.165, 1.54) is 12.1 Å². The maximum absolute atomic E-state index is 13.6. The van der Waals surface area contributed by atoms with Crippen LogP contribution in [0.1, 0.15) is 48.5 Å². The molecule has 156 valence electrons. The first kappa shape index (κ1) is 22.1. The van der Waals surface area contributed by atoms with Crippen LogP contribution in [0.4, 0.5) is 23.8 Å². The molecule has 0 saturated carbocycles. The van der Waals surface area contributed by atoms with Crippen molar-refractivity contribution in [2.24, 2.45) is 0 Å². The van der Waals surface area contributed by atoms with Crippen molar-refractivity contribution in [3.8, 4) is 5.75 Å². The number of hydrogen-bond donors (Lipinski definition) is 0.